The summed E-state index contributed by atoms with van der Waals surface area (Å²) >= 11 is 0. The average Bonchev–Trinajstić information content (AvgIpc) is 3.10. The number of benzene rings is 1. The summed E-state index contributed by atoms with van der Waals surface area (Å²) in [5.74, 6) is -2.59. The Morgan fingerprint density at radius 3 is 2.33 bits per heavy atom. The van der Waals surface area contributed by atoms with Crippen LogP contribution in [0.25, 0.3) is 0 Å². The first-order valence-corrected chi connectivity index (χ1v) is 9.94. The first kappa shape index (κ1) is 21.9. The van der Waals surface area contributed by atoms with Crippen molar-refractivity contribution in [3.63, 3.8) is 0 Å². The lowest BCUT2D eigenvalue weighted by molar-refractivity contribution is -0.136. The number of nitrogens with one attached hydrogen (secondary N) is 1. The van der Waals surface area contributed by atoms with Gasteiger partial charge in [-0.05, 0) is 25.0 Å². The number of hydrogen-bond acceptors (Lipinski definition) is 5. The Hall–Kier alpha value is -2.81. The second kappa shape index (κ2) is 9.34. The average molecular weight is 420 g/mol. The van der Waals surface area contributed by atoms with Gasteiger partial charge in [-0.25, -0.2) is 8.78 Å². The number of carbonyl (C=O) groups excluding carboxylic acids is 2. The summed E-state index contributed by atoms with van der Waals surface area (Å²) in [6.45, 7) is 8.29. The monoisotopic (exact) mass is 420 g/mol. The van der Waals surface area contributed by atoms with Crippen LogP contribution in [-0.4, -0.2) is 59.0 Å². The number of aryl methyl sites for hydroxylation is 1. The SMILES string of the molecule is Cc1cc(CN2CCN(C(=O)C(NC(=O)c3c(F)cccc3F)C(C)C)CC2)on1. The molecule has 1 aliphatic rings. The Morgan fingerprint density at radius 2 is 1.80 bits per heavy atom. The van der Waals surface area contributed by atoms with Crippen LogP contribution in [0.5, 0.6) is 0 Å². The van der Waals surface area contributed by atoms with E-state index in [1.807, 2.05) is 13.0 Å². The van der Waals surface area contributed by atoms with E-state index < -0.39 is 29.1 Å². The Bertz CT molecular complexity index is 887. The number of piperazine rings is 1. The summed E-state index contributed by atoms with van der Waals surface area (Å²) in [7, 11) is 0. The first-order valence-electron chi connectivity index (χ1n) is 9.94. The third-order valence-corrected chi connectivity index (χ3v) is 5.15. The number of halogens is 2. The zero-order valence-corrected chi connectivity index (χ0v) is 17.3. The third-order valence-electron chi connectivity index (χ3n) is 5.15. The van der Waals surface area contributed by atoms with Crippen LogP contribution in [0.4, 0.5) is 8.78 Å². The van der Waals surface area contributed by atoms with E-state index in [1.165, 1.54) is 6.07 Å². The number of nitrogens with zero attached hydrogens (tertiary/aromatic N) is 3. The highest BCUT2D eigenvalue weighted by molar-refractivity contribution is 5.98. The summed E-state index contributed by atoms with van der Waals surface area (Å²) < 4.78 is 33.1. The van der Waals surface area contributed by atoms with Gasteiger partial charge in [-0.2, -0.15) is 0 Å². The van der Waals surface area contributed by atoms with Crippen molar-refractivity contribution in [2.75, 3.05) is 26.2 Å². The minimum Gasteiger partial charge on any atom is -0.360 e. The molecule has 3 rings (SSSR count). The van der Waals surface area contributed by atoms with E-state index in [0.29, 0.717) is 32.7 Å². The molecule has 0 bridgehead atoms. The molecule has 1 aromatic carbocycles. The van der Waals surface area contributed by atoms with E-state index in [9.17, 15) is 18.4 Å². The normalized spacial score (nSPS) is 16.0. The van der Waals surface area contributed by atoms with E-state index in [2.05, 4.69) is 15.4 Å². The van der Waals surface area contributed by atoms with E-state index in [4.69, 9.17) is 4.52 Å². The van der Waals surface area contributed by atoms with Gasteiger partial charge in [0.2, 0.25) is 5.91 Å². The highest BCUT2D eigenvalue weighted by atomic mass is 19.1. The van der Waals surface area contributed by atoms with Crippen LogP contribution in [-0.2, 0) is 11.3 Å². The molecule has 7 nitrogen and oxygen atoms in total. The lowest BCUT2D eigenvalue weighted by Gasteiger charge is -2.37. The fourth-order valence-corrected chi connectivity index (χ4v) is 3.48. The fraction of sp³-hybridized carbons (Fsp3) is 0.476. The Labute approximate surface area is 174 Å². The van der Waals surface area contributed by atoms with Gasteiger partial charge in [0.05, 0.1) is 12.2 Å². The van der Waals surface area contributed by atoms with Crippen molar-refractivity contribution in [3.05, 3.63) is 52.9 Å². The van der Waals surface area contributed by atoms with Gasteiger partial charge in [0, 0.05) is 32.2 Å². The predicted molar refractivity (Wildman–Crippen MR) is 106 cm³/mol. The van der Waals surface area contributed by atoms with Gasteiger partial charge in [-0.15, -0.1) is 0 Å². The standard InChI is InChI=1S/C21H26F2N4O3/c1-13(2)19(24-20(28)18-16(22)5-4-6-17(18)23)21(29)27-9-7-26(8-10-27)12-15-11-14(3)25-30-15/h4-6,11,13,19H,7-10,12H2,1-3H3,(H,24,28). The Balaban J connectivity index is 1.61. The van der Waals surface area contributed by atoms with E-state index in [1.54, 1.807) is 18.7 Å². The zero-order valence-electron chi connectivity index (χ0n) is 17.3. The highest BCUT2D eigenvalue weighted by Gasteiger charge is 2.32. The number of amides is 2. The van der Waals surface area contributed by atoms with Crippen LogP contribution in [0.1, 0.15) is 35.7 Å². The zero-order chi connectivity index (χ0) is 21.8. The van der Waals surface area contributed by atoms with Crippen molar-refractivity contribution >= 4 is 11.8 Å². The Morgan fingerprint density at radius 1 is 1.17 bits per heavy atom. The topological polar surface area (TPSA) is 78.7 Å². The van der Waals surface area contributed by atoms with Gasteiger partial charge in [0.15, 0.2) is 5.76 Å². The van der Waals surface area contributed by atoms with Crippen LogP contribution in [0, 0.1) is 24.5 Å². The third kappa shape index (κ3) is 5.02. The van der Waals surface area contributed by atoms with Gasteiger partial charge in [0.1, 0.15) is 23.2 Å². The van der Waals surface area contributed by atoms with Crippen molar-refractivity contribution < 1.29 is 22.9 Å². The second-order valence-corrected chi connectivity index (χ2v) is 7.83. The molecular formula is C21H26F2N4O3. The maximum absolute atomic E-state index is 13.9. The smallest absolute Gasteiger partial charge is 0.257 e. The molecule has 1 unspecified atom stereocenters. The molecule has 2 amide bonds. The molecule has 2 aromatic rings. The fourth-order valence-electron chi connectivity index (χ4n) is 3.48. The summed E-state index contributed by atoms with van der Waals surface area (Å²) in [5.41, 5.74) is 0.142. The van der Waals surface area contributed by atoms with Gasteiger partial charge >= 0.3 is 0 Å². The number of aromatic nitrogens is 1. The lowest BCUT2D eigenvalue weighted by Crippen LogP contribution is -2.56. The maximum atomic E-state index is 13.9. The van der Waals surface area contributed by atoms with E-state index in [0.717, 1.165) is 23.6 Å². The molecule has 0 radical (unpaired) electrons. The van der Waals surface area contributed by atoms with Crippen molar-refractivity contribution in [1.82, 2.24) is 20.3 Å². The van der Waals surface area contributed by atoms with Crippen LogP contribution >= 0.6 is 0 Å². The van der Waals surface area contributed by atoms with Crippen molar-refractivity contribution in [2.24, 2.45) is 5.92 Å². The van der Waals surface area contributed by atoms with Gasteiger partial charge in [-0.3, -0.25) is 14.5 Å². The molecule has 0 aliphatic carbocycles. The largest absolute Gasteiger partial charge is 0.360 e. The summed E-state index contributed by atoms with van der Waals surface area (Å²) in [4.78, 5) is 29.3. The lowest BCUT2D eigenvalue weighted by atomic mass is 10.0. The van der Waals surface area contributed by atoms with Gasteiger partial charge < -0.3 is 14.7 Å². The van der Waals surface area contributed by atoms with Crippen molar-refractivity contribution in [2.45, 2.75) is 33.4 Å². The number of hydrogen-bond donors (Lipinski definition) is 1. The van der Waals surface area contributed by atoms with Crippen LogP contribution in [0.3, 0.4) is 0 Å². The van der Waals surface area contributed by atoms with E-state index in [-0.39, 0.29) is 11.8 Å². The summed E-state index contributed by atoms with van der Waals surface area (Å²) in [6, 6.07) is 4.22. The second-order valence-electron chi connectivity index (χ2n) is 7.83. The molecule has 30 heavy (non-hydrogen) atoms. The highest BCUT2D eigenvalue weighted by Crippen LogP contribution is 2.16. The molecular weight excluding hydrogens is 394 g/mol. The van der Waals surface area contributed by atoms with Crippen LogP contribution < -0.4 is 5.32 Å². The maximum Gasteiger partial charge on any atom is 0.257 e. The van der Waals surface area contributed by atoms with Gasteiger partial charge in [-0.1, -0.05) is 25.1 Å². The summed E-state index contributed by atoms with van der Waals surface area (Å²) in [5, 5.41) is 6.39. The molecule has 0 saturated carbocycles. The molecule has 0 spiro atoms. The first-order chi connectivity index (χ1) is 14.3. The van der Waals surface area contributed by atoms with Crippen molar-refractivity contribution in [3.8, 4) is 0 Å². The summed E-state index contributed by atoms with van der Waals surface area (Å²) in [6.07, 6.45) is 0. The Kier molecular flexibility index (Phi) is 6.81. The molecule has 1 saturated heterocycles. The minimum absolute atomic E-state index is 0.244. The van der Waals surface area contributed by atoms with E-state index >= 15 is 0 Å². The molecule has 1 N–H and O–H groups in total. The molecule has 162 valence electrons. The van der Waals surface area contributed by atoms with Crippen molar-refractivity contribution in [1.29, 1.82) is 0 Å². The minimum atomic E-state index is -0.960. The molecule has 9 heteroatoms. The molecule has 1 fully saturated rings. The van der Waals surface area contributed by atoms with Crippen LogP contribution in [0.2, 0.25) is 0 Å². The number of rotatable bonds is 6. The predicted octanol–water partition coefficient (Wildman–Crippen LogP) is 2.36. The molecule has 2 heterocycles. The van der Waals surface area contributed by atoms with Gasteiger partial charge in [0.25, 0.3) is 5.91 Å². The molecule has 1 aromatic heterocycles. The molecule has 1 atom stereocenters. The molecule has 1 aliphatic heterocycles. The van der Waals surface area contributed by atoms with Crippen LogP contribution in [0.15, 0.2) is 28.8 Å². The number of carbonyl (C=O) groups is 2. The quantitative estimate of drug-likeness (QED) is 0.776.